The number of hydrogen-bond acceptors (Lipinski definition) is 5. The maximum atomic E-state index is 11.6. The summed E-state index contributed by atoms with van der Waals surface area (Å²) in [4.78, 5) is 2.11. The van der Waals surface area contributed by atoms with Crippen LogP contribution in [0.15, 0.2) is 5.16 Å². The Kier molecular flexibility index (Phi) is 4.73. The lowest BCUT2D eigenvalue weighted by Crippen LogP contribution is -2.38. The van der Waals surface area contributed by atoms with Gasteiger partial charge in [0.25, 0.3) is 0 Å². The minimum Gasteiger partial charge on any atom is -0.411 e. The van der Waals surface area contributed by atoms with Gasteiger partial charge in [-0.15, -0.1) is 0 Å². The molecule has 5 nitrogen and oxygen atoms in total. The largest absolute Gasteiger partial charge is 0.411 e. The third-order valence-corrected chi connectivity index (χ3v) is 5.17. The molecule has 94 valence electrons. The Hall–Kier alpha value is -0.620. The molecule has 1 aliphatic heterocycles. The van der Waals surface area contributed by atoms with Crippen molar-refractivity contribution in [3.63, 3.8) is 0 Å². The first-order chi connectivity index (χ1) is 7.45. The molecule has 0 aromatic heterocycles. The lowest BCUT2D eigenvalue weighted by Gasteiger charge is -2.26. The van der Waals surface area contributed by atoms with Crippen LogP contribution < -0.4 is 0 Å². The number of nitrogens with zero attached hydrogens (tertiary/aromatic N) is 2. The number of rotatable bonds is 4. The van der Waals surface area contributed by atoms with Gasteiger partial charge >= 0.3 is 0 Å². The Morgan fingerprint density at radius 3 is 2.38 bits per heavy atom. The van der Waals surface area contributed by atoms with Crippen LogP contribution in [0.1, 0.15) is 26.7 Å². The van der Waals surface area contributed by atoms with E-state index >= 15 is 0 Å². The average molecular weight is 248 g/mol. The minimum atomic E-state index is -2.94. The Morgan fingerprint density at radius 1 is 1.38 bits per heavy atom. The van der Waals surface area contributed by atoms with E-state index in [1.165, 1.54) is 0 Å². The van der Waals surface area contributed by atoms with Gasteiger partial charge in [0, 0.05) is 32.5 Å². The monoisotopic (exact) mass is 248 g/mol. The van der Waals surface area contributed by atoms with Crippen LogP contribution in [-0.4, -0.2) is 54.9 Å². The molecule has 0 bridgehead atoms. The first-order valence-corrected chi connectivity index (χ1v) is 7.31. The molecule has 1 aliphatic rings. The second kappa shape index (κ2) is 5.63. The highest BCUT2D eigenvalue weighted by Gasteiger charge is 2.20. The highest BCUT2D eigenvalue weighted by atomic mass is 32.2. The molecular weight excluding hydrogens is 228 g/mol. The molecule has 1 saturated heterocycles. The second-order valence-electron chi connectivity index (χ2n) is 4.42. The quantitative estimate of drug-likeness (QED) is 0.588. The topological polar surface area (TPSA) is 70.0 Å². The van der Waals surface area contributed by atoms with E-state index < -0.39 is 9.84 Å². The van der Waals surface area contributed by atoms with Gasteiger partial charge in [-0.05, 0) is 13.8 Å². The smallest absolute Gasteiger partial charge is 0.153 e. The molecule has 16 heavy (non-hydrogen) atoms. The Morgan fingerprint density at radius 2 is 1.94 bits per heavy atom. The second-order valence-corrected chi connectivity index (χ2v) is 7.10. The van der Waals surface area contributed by atoms with Gasteiger partial charge in [0.2, 0.25) is 0 Å². The summed E-state index contributed by atoms with van der Waals surface area (Å²) in [5, 5.41) is 11.5. The van der Waals surface area contributed by atoms with E-state index in [0.717, 1.165) is 31.6 Å². The van der Waals surface area contributed by atoms with E-state index in [1.807, 2.05) is 0 Å². The number of oxime groups is 1. The molecule has 0 aromatic carbocycles. The zero-order valence-corrected chi connectivity index (χ0v) is 10.7. The number of likely N-dealkylation sites (tertiary alicyclic amines) is 1. The summed E-state index contributed by atoms with van der Waals surface area (Å²) in [5.41, 5.74) is 0.808. The van der Waals surface area contributed by atoms with Crippen molar-refractivity contribution in [2.45, 2.75) is 31.9 Å². The van der Waals surface area contributed by atoms with Crippen molar-refractivity contribution in [3.8, 4) is 0 Å². The SMILES string of the molecule is CC(C)S(=O)(=O)CCN1CCC(=NO)CC1. The van der Waals surface area contributed by atoms with Gasteiger partial charge in [-0.2, -0.15) is 0 Å². The van der Waals surface area contributed by atoms with Gasteiger partial charge in [-0.1, -0.05) is 5.16 Å². The van der Waals surface area contributed by atoms with Crippen molar-refractivity contribution in [2.24, 2.45) is 5.16 Å². The normalized spacial score (nSPS) is 19.1. The standard InChI is InChI=1S/C10H20N2O3S/c1-9(2)16(14,15)8-7-12-5-3-10(11-13)4-6-12/h9,13H,3-8H2,1-2H3. The molecule has 0 spiro atoms. The number of hydrogen-bond donors (Lipinski definition) is 1. The molecule has 0 amide bonds. The van der Waals surface area contributed by atoms with Crippen LogP contribution in [0.25, 0.3) is 0 Å². The Labute approximate surface area is 97.0 Å². The van der Waals surface area contributed by atoms with Crippen LogP contribution in [-0.2, 0) is 9.84 Å². The predicted molar refractivity (Wildman–Crippen MR) is 63.8 cm³/mol. The van der Waals surface area contributed by atoms with Gasteiger partial charge in [0.15, 0.2) is 9.84 Å². The number of sulfone groups is 1. The van der Waals surface area contributed by atoms with Gasteiger partial charge in [-0.25, -0.2) is 8.42 Å². The summed E-state index contributed by atoms with van der Waals surface area (Å²) in [7, 11) is -2.94. The highest BCUT2D eigenvalue weighted by molar-refractivity contribution is 7.92. The van der Waals surface area contributed by atoms with E-state index in [-0.39, 0.29) is 11.0 Å². The van der Waals surface area contributed by atoms with Crippen molar-refractivity contribution in [1.29, 1.82) is 0 Å². The Balaban J connectivity index is 2.36. The molecule has 6 heteroatoms. The van der Waals surface area contributed by atoms with Crippen molar-refractivity contribution in [1.82, 2.24) is 4.90 Å². The maximum absolute atomic E-state index is 11.6. The van der Waals surface area contributed by atoms with Crippen molar-refractivity contribution in [3.05, 3.63) is 0 Å². The van der Waals surface area contributed by atoms with E-state index in [1.54, 1.807) is 13.8 Å². The van der Waals surface area contributed by atoms with Gasteiger partial charge in [0.1, 0.15) is 0 Å². The predicted octanol–water partition coefficient (Wildman–Crippen LogP) is 0.736. The molecule has 1 fully saturated rings. The third-order valence-electron chi connectivity index (χ3n) is 2.98. The summed E-state index contributed by atoms with van der Waals surface area (Å²) in [6, 6.07) is 0. The van der Waals surface area contributed by atoms with Crippen LogP contribution in [0.4, 0.5) is 0 Å². The lowest BCUT2D eigenvalue weighted by atomic mass is 10.1. The third kappa shape index (κ3) is 3.75. The number of piperidine rings is 1. The molecule has 0 aromatic rings. The lowest BCUT2D eigenvalue weighted by molar-refractivity contribution is 0.274. The van der Waals surface area contributed by atoms with Crippen molar-refractivity contribution in [2.75, 3.05) is 25.4 Å². The highest BCUT2D eigenvalue weighted by Crippen LogP contribution is 2.08. The van der Waals surface area contributed by atoms with Crippen LogP contribution in [0.3, 0.4) is 0 Å². The molecule has 0 atom stereocenters. The zero-order valence-electron chi connectivity index (χ0n) is 9.89. The molecule has 0 radical (unpaired) electrons. The van der Waals surface area contributed by atoms with Crippen LogP contribution in [0, 0.1) is 0 Å². The Bertz CT molecular complexity index is 339. The van der Waals surface area contributed by atoms with Gasteiger partial charge in [0.05, 0.1) is 16.7 Å². The fourth-order valence-corrected chi connectivity index (χ4v) is 2.61. The van der Waals surface area contributed by atoms with E-state index in [9.17, 15) is 8.42 Å². The van der Waals surface area contributed by atoms with Crippen LogP contribution in [0.2, 0.25) is 0 Å². The summed E-state index contributed by atoms with van der Waals surface area (Å²) in [6.07, 6.45) is 1.47. The van der Waals surface area contributed by atoms with Crippen molar-refractivity contribution < 1.29 is 13.6 Å². The molecule has 0 unspecified atom stereocenters. The summed E-state index contributed by atoms with van der Waals surface area (Å²) in [6.45, 7) is 5.57. The first kappa shape index (κ1) is 13.4. The molecule has 0 aliphatic carbocycles. The van der Waals surface area contributed by atoms with E-state index in [2.05, 4.69) is 10.1 Å². The molecule has 1 N–H and O–H groups in total. The summed E-state index contributed by atoms with van der Waals surface area (Å²) >= 11 is 0. The molecule has 1 heterocycles. The zero-order chi connectivity index (χ0) is 12.2. The molecule has 0 saturated carbocycles. The summed E-state index contributed by atoms with van der Waals surface area (Å²) < 4.78 is 23.2. The van der Waals surface area contributed by atoms with E-state index in [4.69, 9.17) is 5.21 Å². The van der Waals surface area contributed by atoms with Gasteiger partial charge < -0.3 is 10.1 Å². The average Bonchev–Trinajstić information content (AvgIpc) is 2.27. The molecular formula is C10H20N2O3S. The maximum Gasteiger partial charge on any atom is 0.153 e. The fourth-order valence-electron chi connectivity index (χ4n) is 1.63. The van der Waals surface area contributed by atoms with E-state index in [0.29, 0.717) is 6.54 Å². The summed E-state index contributed by atoms with van der Waals surface area (Å²) in [5.74, 6) is 0.219. The molecule has 1 rings (SSSR count). The van der Waals surface area contributed by atoms with Crippen molar-refractivity contribution >= 4 is 15.5 Å². The first-order valence-electron chi connectivity index (χ1n) is 5.59. The van der Waals surface area contributed by atoms with Gasteiger partial charge in [-0.3, -0.25) is 0 Å². The van der Waals surface area contributed by atoms with Crippen LogP contribution >= 0.6 is 0 Å². The fraction of sp³-hybridized carbons (Fsp3) is 0.900. The van der Waals surface area contributed by atoms with Crippen LogP contribution in [0.5, 0.6) is 0 Å². The minimum absolute atomic E-state index is 0.219.